The summed E-state index contributed by atoms with van der Waals surface area (Å²) >= 11 is 1.59. The van der Waals surface area contributed by atoms with E-state index < -0.39 is 6.03 Å². The van der Waals surface area contributed by atoms with E-state index >= 15 is 0 Å². The number of thiophene rings is 1. The fourth-order valence-electron chi connectivity index (χ4n) is 3.75. The molecule has 4 heterocycles. The topological polar surface area (TPSA) is 109 Å². The smallest absolute Gasteiger partial charge is 0.324 e. The Morgan fingerprint density at radius 2 is 2.24 bits per heavy atom. The van der Waals surface area contributed by atoms with Crippen LogP contribution in [0.5, 0.6) is 0 Å². The van der Waals surface area contributed by atoms with E-state index in [2.05, 4.69) is 15.5 Å². The van der Waals surface area contributed by atoms with Crippen molar-refractivity contribution in [1.29, 1.82) is 0 Å². The standard InChI is InChI=1S/C19H23N5O4S/c25-15-3-7-23(19(27)20-15)8-4-17(26)24-6-1-2-13(11-24)10-16-21-18(22-28-16)14-5-9-29-12-14/h5,9,12-13H,1-4,6-8,10-11H2,(H,20,25,27). The lowest BCUT2D eigenvalue weighted by Crippen LogP contribution is -2.50. The quantitative estimate of drug-likeness (QED) is 0.769. The largest absolute Gasteiger partial charge is 0.342 e. The third-order valence-corrected chi connectivity index (χ3v) is 6.00. The Hall–Kier alpha value is -2.75. The molecule has 2 aromatic heterocycles. The monoisotopic (exact) mass is 417 g/mol. The molecule has 4 rings (SSSR count). The summed E-state index contributed by atoms with van der Waals surface area (Å²) in [6.45, 7) is 2.07. The molecule has 10 heteroatoms. The number of aromatic nitrogens is 2. The molecule has 1 atom stereocenters. The third kappa shape index (κ3) is 4.81. The lowest BCUT2D eigenvalue weighted by molar-refractivity contribution is -0.133. The lowest BCUT2D eigenvalue weighted by atomic mass is 9.94. The van der Waals surface area contributed by atoms with Gasteiger partial charge in [0.1, 0.15) is 0 Å². The highest BCUT2D eigenvalue weighted by molar-refractivity contribution is 7.08. The molecule has 0 bridgehead atoms. The normalized spacial score (nSPS) is 20.1. The molecule has 0 aromatic carbocycles. The second-order valence-electron chi connectivity index (χ2n) is 7.42. The van der Waals surface area contributed by atoms with Gasteiger partial charge in [0.15, 0.2) is 0 Å². The molecule has 2 aliphatic heterocycles. The summed E-state index contributed by atoms with van der Waals surface area (Å²) in [5, 5.41) is 10.3. The summed E-state index contributed by atoms with van der Waals surface area (Å²) in [7, 11) is 0. The van der Waals surface area contributed by atoms with Gasteiger partial charge in [-0.15, -0.1) is 0 Å². The Kier molecular flexibility index (Phi) is 5.89. The maximum Gasteiger partial charge on any atom is 0.324 e. The number of amides is 4. The van der Waals surface area contributed by atoms with Gasteiger partial charge >= 0.3 is 6.03 Å². The number of urea groups is 1. The number of carbonyl (C=O) groups excluding carboxylic acids is 3. The van der Waals surface area contributed by atoms with Gasteiger partial charge in [-0.25, -0.2) is 4.79 Å². The van der Waals surface area contributed by atoms with E-state index in [0.29, 0.717) is 37.8 Å². The van der Waals surface area contributed by atoms with Crippen molar-refractivity contribution in [3.63, 3.8) is 0 Å². The lowest BCUT2D eigenvalue weighted by Gasteiger charge is -2.33. The second kappa shape index (κ2) is 8.73. The SMILES string of the molecule is O=C1CCN(CCC(=O)N2CCCC(Cc3nc(-c4ccsc4)no3)C2)C(=O)N1. The predicted octanol–water partition coefficient (Wildman–Crippen LogP) is 1.91. The molecule has 9 nitrogen and oxygen atoms in total. The van der Waals surface area contributed by atoms with Crippen LogP contribution in [-0.2, 0) is 16.0 Å². The van der Waals surface area contributed by atoms with Crippen molar-refractivity contribution in [2.75, 3.05) is 26.2 Å². The highest BCUT2D eigenvalue weighted by Crippen LogP contribution is 2.23. The Morgan fingerprint density at radius 3 is 3.03 bits per heavy atom. The van der Waals surface area contributed by atoms with Crippen LogP contribution in [0.15, 0.2) is 21.3 Å². The van der Waals surface area contributed by atoms with Gasteiger partial charge in [0.2, 0.25) is 23.5 Å². The first kappa shape index (κ1) is 19.6. The molecule has 1 unspecified atom stereocenters. The van der Waals surface area contributed by atoms with Crippen LogP contribution in [0.1, 0.15) is 31.6 Å². The van der Waals surface area contributed by atoms with E-state index in [1.54, 1.807) is 11.3 Å². The van der Waals surface area contributed by atoms with Crippen LogP contribution in [0, 0.1) is 5.92 Å². The number of hydrogen-bond donors (Lipinski definition) is 1. The predicted molar refractivity (Wildman–Crippen MR) is 105 cm³/mol. The number of imide groups is 1. The van der Waals surface area contributed by atoms with Gasteiger partial charge in [0.05, 0.1) is 0 Å². The van der Waals surface area contributed by atoms with Crippen LogP contribution in [0.4, 0.5) is 4.79 Å². The fraction of sp³-hybridized carbons (Fsp3) is 0.526. The summed E-state index contributed by atoms with van der Waals surface area (Å²) in [6, 6.07) is 1.54. The maximum absolute atomic E-state index is 12.6. The molecule has 0 saturated carbocycles. The first-order chi connectivity index (χ1) is 14.1. The van der Waals surface area contributed by atoms with E-state index in [-0.39, 0.29) is 30.6 Å². The number of likely N-dealkylation sites (tertiary alicyclic amines) is 1. The molecule has 2 fully saturated rings. The summed E-state index contributed by atoms with van der Waals surface area (Å²) in [6.07, 6.45) is 3.13. The molecule has 2 aromatic rings. The van der Waals surface area contributed by atoms with Crippen LogP contribution in [0.3, 0.4) is 0 Å². The molecule has 4 amide bonds. The molecule has 29 heavy (non-hydrogen) atoms. The molecule has 0 radical (unpaired) electrons. The van der Waals surface area contributed by atoms with Crippen molar-refractivity contribution in [1.82, 2.24) is 25.3 Å². The van der Waals surface area contributed by atoms with Gasteiger partial charge in [-0.2, -0.15) is 16.3 Å². The van der Waals surface area contributed by atoms with Crippen molar-refractivity contribution in [2.45, 2.75) is 32.1 Å². The minimum absolute atomic E-state index is 0.0314. The van der Waals surface area contributed by atoms with Gasteiger partial charge in [-0.1, -0.05) is 5.16 Å². The Morgan fingerprint density at radius 1 is 1.34 bits per heavy atom. The van der Waals surface area contributed by atoms with Crippen LogP contribution in [0.25, 0.3) is 11.4 Å². The van der Waals surface area contributed by atoms with Gasteiger partial charge in [0, 0.05) is 56.4 Å². The van der Waals surface area contributed by atoms with Gasteiger partial charge in [0.25, 0.3) is 0 Å². The highest BCUT2D eigenvalue weighted by atomic mass is 32.1. The molecule has 0 aliphatic carbocycles. The van der Waals surface area contributed by atoms with Crippen molar-refractivity contribution in [3.05, 3.63) is 22.7 Å². The molecule has 1 N–H and O–H groups in total. The highest BCUT2D eigenvalue weighted by Gasteiger charge is 2.27. The van der Waals surface area contributed by atoms with Gasteiger partial charge in [-0.3, -0.25) is 14.9 Å². The summed E-state index contributed by atoms with van der Waals surface area (Å²) in [4.78, 5) is 43.5. The Labute approximate surface area is 172 Å². The first-order valence-electron chi connectivity index (χ1n) is 9.80. The second-order valence-corrected chi connectivity index (χ2v) is 8.20. The zero-order chi connectivity index (χ0) is 20.2. The van der Waals surface area contributed by atoms with E-state index in [1.807, 2.05) is 21.7 Å². The maximum atomic E-state index is 12.6. The molecular weight excluding hydrogens is 394 g/mol. The minimum Gasteiger partial charge on any atom is -0.342 e. The zero-order valence-corrected chi connectivity index (χ0v) is 16.8. The van der Waals surface area contributed by atoms with Crippen LogP contribution in [-0.4, -0.2) is 64.0 Å². The average Bonchev–Trinajstić information content (AvgIpc) is 3.39. The van der Waals surface area contributed by atoms with E-state index in [1.165, 1.54) is 4.90 Å². The van der Waals surface area contributed by atoms with Crippen LogP contribution >= 0.6 is 11.3 Å². The first-order valence-corrected chi connectivity index (χ1v) is 10.7. The Balaban J connectivity index is 1.27. The molecule has 0 spiro atoms. The number of carbonyl (C=O) groups is 3. The van der Waals surface area contributed by atoms with Crippen molar-refractivity contribution >= 4 is 29.2 Å². The van der Waals surface area contributed by atoms with Gasteiger partial charge < -0.3 is 14.3 Å². The molecule has 2 saturated heterocycles. The molecular formula is C19H23N5O4S. The third-order valence-electron chi connectivity index (χ3n) is 5.32. The summed E-state index contributed by atoms with van der Waals surface area (Å²) in [5.41, 5.74) is 0.953. The molecule has 2 aliphatic rings. The summed E-state index contributed by atoms with van der Waals surface area (Å²) < 4.78 is 5.40. The number of piperidine rings is 1. The van der Waals surface area contributed by atoms with Crippen LogP contribution in [0.2, 0.25) is 0 Å². The molecule has 154 valence electrons. The number of nitrogens with one attached hydrogen (secondary N) is 1. The van der Waals surface area contributed by atoms with Gasteiger partial charge in [-0.05, 0) is 30.2 Å². The summed E-state index contributed by atoms with van der Waals surface area (Å²) in [5.74, 6) is 1.24. The van der Waals surface area contributed by atoms with Crippen molar-refractivity contribution in [3.8, 4) is 11.4 Å². The fourth-order valence-corrected chi connectivity index (χ4v) is 4.39. The zero-order valence-electron chi connectivity index (χ0n) is 16.0. The minimum atomic E-state index is -0.414. The number of rotatable bonds is 6. The van der Waals surface area contributed by atoms with E-state index in [4.69, 9.17) is 4.52 Å². The average molecular weight is 417 g/mol. The van der Waals surface area contributed by atoms with E-state index in [0.717, 1.165) is 24.9 Å². The van der Waals surface area contributed by atoms with E-state index in [9.17, 15) is 14.4 Å². The Bertz CT molecular complexity index is 881. The number of hydrogen-bond acceptors (Lipinski definition) is 7. The van der Waals surface area contributed by atoms with Crippen molar-refractivity contribution < 1.29 is 18.9 Å². The van der Waals surface area contributed by atoms with Crippen molar-refractivity contribution in [2.24, 2.45) is 5.92 Å². The number of nitrogens with zero attached hydrogens (tertiary/aromatic N) is 4. The van der Waals surface area contributed by atoms with Crippen LogP contribution < -0.4 is 5.32 Å².